The number of ether oxygens (including phenoxy) is 1. The van der Waals surface area contributed by atoms with Gasteiger partial charge in [-0.3, -0.25) is 9.59 Å². The number of benzene rings is 2. The van der Waals surface area contributed by atoms with Gasteiger partial charge < -0.3 is 19.6 Å². The molecule has 210 valence electrons. The summed E-state index contributed by atoms with van der Waals surface area (Å²) in [4.78, 5) is 26.5. The number of halogens is 1. The SMILES string of the molecule is CCCC[S@@](=O)N[C@@H](C)c1cc(=O)n(C)cc1-c1cc(C[NH+]([O-])CC)ccc1C(=O)c1ccc(F)cc1OC. The molecule has 0 aliphatic carbocycles. The minimum atomic E-state index is -1.31. The summed E-state index contributed by atoms with van der Waals surface area (Å²) >= 11 is 0. The van der Waals surface area contributed by atoms with E-state index < -0.39 is 28.6 Å². The Balaban J connectivity index is 2.23. The maximum Gasteiger partial charge on any atom is 0.250 e. The van der Waals surface area contributed by atoms with Crippen LogP contribution < -0.4 is 20.1 Å². The summed E-state index contributed by atoms with van der Waals surface area (Å²) in [5.74, 6) is -0.363. The molecule has 0 fully saturated rings. The Kier molecular flexibility index (Phi) is 10.7. The molecule has 0 saturated heterocycles. The molecule has 0 spiro atoms. The van der Waals surface area contributed by atoms with Crippen LogP contribution >= 0.6 is 0 Å². The number of methoxy groups -OCH3 is 1. The van der Waals surface area contributed by atoms with Crippen molar-refractivity contribution in [3.05, 3.63) is 92.3 Å². The van der Waals surface area contributed by atoms with Gasteiger partial charge in [-0.1, -0.05) is 19.4 Å². The molecule has 0 bridgehead atoms. The monoisotopic (exact) mass is 557 g/mol. The summed E-state index contributed by atoms with van der Waals surface area (Å²) in [6.45, 7) is 6.19. The van der Waals surface area contributed by atoms with Crippen LogP contribution in [-0.4, -0.2) is 34.0 Å². The highest BCUT2D eigenvalue weighted by Gasteiger charge is 2.24. The van der Waals surface area contributed by atoms with Gasteiger partial charge in [0.05, 0.1) is 30.2 Å². The van der Waals surface area contributed by atoms with E-state index in [4.69, 9.17) is 4.74 Å². The molecule has 3 aromatic rings. The van der Waals surface area contributed by atoms with Gasteiger partial charge >= 0.3 is 0 Å². The molecule has 8 nitrogen and oxygen atoms in total. The zero-order chi connectivity index (χ0) is 28.7. The van der Waals surface area contributed by atoms with Crippen LogP contribution in [0.5, 0.6) is 5.75 Å². The number of rotatable bonds is 13. The second-order valence-corrected chi connectivity index (χ2v) is 10.8. The lowest BCUT2D eigenvalue weighted by atomic mass is 9.89. The summed E-state index contributed by atoms with van der Waals surface area (Å²) in [7, 11) is 1.66. The standard InChI is InChI=1S/C29H36FN3O5S/c1-6-8-13-39(37)31-19(3)24-16-28(34)32(4)18-26(24)25-14-20(17-33(36)7-2)9-11-22(25)29(35)23-12-10-21(30)15-27(23)38-5/h9-12,14-16,18-19,31,33H,6-8,13,17H2,1-5H3/t19-,39+/m0/s1. The van der Waals surface area contributed by atoms with Crippen molar-refractivity contribution in [3.63, 3.8) is 0 Å². The second kappa shape index (κ2) is 13.7. The zero-order valence-electron chi connectivity index (χ0n) is 23.0. The molecular formula is C29H36FN3O5S. The van der Waals surface area contributed by atoms with Gasteiger partial charge in [-0.05, 0) is 55.7 Å². The molecule has 10 heteroatoms. The summed E-state index contributed by atoms with van der Waals surface area (Å²) in [6.07, 6.45) is 3.34. The Hall–Kier alpha value is -3.18. The summed E-state index contributed by atoms with van der Waals surface area (Å²) in [5.41, 5.74) is 2.59. The Morgan fingerprint density at radius 1 is 1.15 bits per heavy atom. The number of aromatic nitrogens is 1. The topological polar surface area (TPSA) is 105 Å². The van der Waals surface area contributed by atoms with Gasteiger partial charge in [0, 0.05) is 53.9 Å². The lowest BCUT2D eigenvalue weighted by molar-refractivity contribution is -0.860. The predicted octanol–water partition coefficient (Wildman–Crippen LogP) is 3.45. The number of quaternary nitrogens is 1. The van der Waals surface area contributed by atoms with Gasteiger partial charge in [0.15, 0.2) is 5.78 Å². The Labute approximate surface area is 231 Å². The first-order valence-corrected chi connectivity index (χ1v) is 14.3. The third kappa shape index (κ3) is 7.48. The van der Waals surface area contributed by atoms with Crippen molar-refractivity contribution in [3.8, 4) is 16.9 Å². The minimum Gasteiger partial charge on any atom is -0.634 e. The van der Waals surface area contributed by atoms with Gasteiger partial charge in [0.25, 0.3) is 5.56 Å². The lowest BCUT2D eigenvalue weighted by Gasteiger charge is -2.23. The molecule has 0 radical (unpaired) electrons. The number of carbonyl (C=O) groups is 1. The van der Waals surface area contributed by atoms with Crippen LogP contribution in [0, 0.1) is 11.0 Å². The van der Waals surface area contributed by atoms with Crippen molar-refractivity contribution in [1.82, 2.24) is 9.29 Å². The zero-order valence-corrected chi connectivity index (χ0v) is 23.8. The number of nitrogens with one attached hydrogen (secondary N) is 2. The van der Waals surface area contributed by atoms with Crippen molar-refractivity contribution >= 4 is 16.8 Å². The molecule has 3 rings (SSSR count). The fraction of sp³-hybridized carbons (Fsp3) is 0.379. The van der Waals surface area contributed by atoms with Crippen LogP contribution in [0.3, 0.4) is 0 Å². The highest BCUT2D eigenvalue weighted by atomic mass is 32.2. The van der Waals surface area contributed by atoms with Crippen molar-refractivity contribution in [2.75, 3.05) is 19.4 Å². The van der Waals surface area contributed by atoms with Gasteiger partial charge in [-0.25, -0.2) is 13.3 Å². The fourth-order valence-corrected chi connectivity index (χ4v) is 5.49. The molecule has 1 unspecified atom stereocenters. The first-order chi connectivity index (χ1) is 18.6. The largest absolute Gasteiger partial charge is 0.634 e. The van der Waals surface area contributed by atoms with E-state index in [0.29, 0.717) is 40.1 Å². The van der Waals surface area contributed by atoms with E-state index in [9.17, 15) is 23.4 Å². The molecule has 0 saturated carbocycles. The van der Waals surface area contributed by atoms with Crippen molar-refractivity contribution in [1.29, 1.82) is 0 Å². The normalized spacial score (nSPS) is 13.6. The third-order valence-electron chi connectivity index (χ3n) is 6.54. The number of hydroxylamine groups is 2. The van der Waals surface area contributed by atoms with Gasteiger partial charge in [0.1, 0.15) is 18.1 Å². The molecule has 1 aromatic heterocycles. The molecule has 39 heavy (non-hydrogen) atoms. The number of pyridine rings is 1. The highest BCUT2D eigenvalue weighted by molar-refractivity contribution is 7.83. The number of unbranched alkanes of at least 4 members (excludes halogenated alkanes) is 1. The molecule has 2 N–H and O–H groups in total. The van der Waals surface area contributed by atoms with Crippen molar-refractivity contribution in [2.24, 2.45) is 7.05 Å². The van der Waals surface area contributed by atoms with Crippen LogP contribution in [0.4, 0.5) is 4.39 Å². The van der Waals surface area contributed by atoms with Crippen molar-refractivity contribution in [2.45, 2.75) is 46.2 Å². The molecule has 0 amide bonds. The number of hydrogen-bond donors (Lipinski definition) is 2. The smallest absolute Gasteiger partial charge is 0.250 e. The molecule has 2 aromatic carbocycles. The second-order valence-electron chi connectivity index (χ2n) is 9.46. The number of ketones is 1. The average Bonchev–Trinajstić information content (AvgIpc) is 2.92. The lowest BCUT2D eigenvalue weighted by Crippen LogP contribution is -3.05. The van der Waals surface area contributed by atoms with Crippen LogP contribution in [0.2, 0.25) is 0 Å². The van der Waals surface area contributed by atoms with E-state index >= 15 is 0 Å². The maximum absolute atomic E-state index is 13.9. The fourth-order valence-electron chi connectivity index (χ4n) is 4.30. The van der Waals surface area contributed by atoms with E-state index in [-0.39, 0.29) is 28.5 Å². The maximum atomic E-state index is 13.9. The summed E-state index contributed by atoms with van der Waals surface area (Å²) in [5, 5.41) is 12.3. The average molecular weight is 558 g/mol. The van der Waals surface area contributed by atoms with Gasteiger partial charge in [-0.2, -0.15) is 0 Å². The Bertz CT molecular complexity index is 1410. The molecular weight excluding hydrogens is 521 g/mol. The Morgan fingerprint density at radius 2 is 1.87 bits per heavy atom. The first kappa shape index (κ1) is 30.4. The van der Waals surface area contributed by atoms with Crippen molar-refractivity contribution < 1.29 is 23.2 Å². The number of hydrogen-bond acceptors (Lipinski definition) is 5. The van der Waals surface area contributed by atoms with Gasteiger partial charge in [-0.15, -0.1) is 0 Å². The number of aryl methyl sites for hydroxylation is 1. The quantitative estimate of drug-likeness (QED) is 0.248. The molecule has 3 atom stereocenters. The van der Waals surface area contributed by atoms with Crippen LogP contribution in [0.1, 0.15) is 66.7 Å². The van der Waals surface area contributed by atoms with Crippen LogP contribution in [0.25, 0.3) is 11.1 Å². The molecule has 1 heterocycles. The third-order valence-corrected chi connectivity index (χ3v) is 7.82. The van der Waals surface area contributed by atoms with Crippen LogP contribution in [0.15, 0.2) is 53.5 Å². The summed E-state index contributed by atoms with van der Waals surface area (Å²) in [6, 6.07) is 9.86. The first-order valence-electron chi connectivity index (χ1n) is 13.0. The molecule has 0 aliphatic heterocycles. The predicted molar refractivity (Wildman–Crippen MR) is 152 cm³/mol. The Morgan fingerprint density at radius 3 is 2.54 bits per heavy atom. The van der Waals surface area contributed by atoms with E-state index in [1.165, 1.54) is 29.9 Å². The molecule has 0 aliphatic rings. The minimum absolute atomic E-state index is 0.0438. The number of nitrogens with zero attached hydrogens (tertiary/aromatic N) is 1. The van der Waals surface area contributed by atoms with E-state index in [1.807, 2.05) is 13.8 Å². The van der Waals surface area contributed by atoms with E-state index in [1.54, 1.807) is 38.4 Å². The highest BCUT2D eigenvalue weighted by Crippen LogP contribution is 2.34. The number of carbonyl (C=O) groups excluding carboxylic acids is 1. The van der Waals surface area contributed by atoms with Gasteiger partial charge in [0.2, 0.25) is 0 Å². The van der Waals surface area contributed by atoms with E-state index in [0.717, 1.165) is 18.9 Å². The summed E-state index contributed by atoms with van der Waals surface area (Å²) < 4.78 is 36.3. The van der Waals surface area contributed by atoms with E-state index in [2.05, 4.69) is 4.72 Å². The van der Waals surface area contributed by atoms with Crippen LogP contribution in [-0.2, 0) is 24.6 Å².